The molecule has 3 rings (SSSR count). The van der Waals surface area contributed by atoms with Gasteiger partial charge in [-0.1, -0.05) is 18.2 Å². The molecule has 1 atom stereocenters. The highest BCUT2D eigenvalue weighted by atomic mass is 16.5. The molecular weight excluding hydrogens is 382 g/mol. The van der Waals surface area contributed by atoms with Crippen LogP contribution < -0.4 is 9.47 Å². The predicted octanol–water partition coefficient (Wildman–Crippen LogP) is 3.24. The molecule has 30 heavy (non-hydrogen) atoms. The van der Waals surface area contributed by atoms with E-state index in [4.69, 9.17) is 9.47 Å². The molecule has 1 aliphatic rings. The molecule has 6 heteroatoms. The summed E-state index contributed by atoms with van der Waals surface area (Å²) in [5.74, 6) is 1.24. The van der Waals surface area contributed by atoms with Crippen LogP contribution in [0.2, 0.25) is 0 Å². The summed E-state index contributed by atoms with van der Waals surface area (Å²) in [6.45, 7) is 1.97. The summed E-state index contributed by atoms with van der Waals surface area (Å²) in [4.78, 5) is 13.6. The molecule has 1 N–H and O–H groups in total. The summed E-state index contributed by atoms with van der Waals surface area (Å²) in [6, 6.07) is 14.1. The lowest BCUT2D eigenvalue weighted by atomic mass is 10.0. The molecular formula is C24H29NO5. The van der Waals surface area contributed by atoms with Crippen molar-refractivity contribution in [1.29, 1.82) is 0 Å². The van der Waals surface area contributed by atoms with Crippen molar-refractivity contribution in [3.8, 4) is 11.5 Å². The number of benzene rings is 2. The van der Waals surface area contributed by atoms with E-state index >= 15 is 0 Å². The molecule has 0 bridgehead atoms. The van der Waals surface area contributed by atoms with Gasteiger partial charge in [0.25, 0.3) is 0 Å². The number of nitrogens with zero attached hydrogens (tertiary/aromatic N) is 1. The molecule has 0 aromatic heterocycles. The second kappa shape index (κ2) is 10.8. The Balaban J connectivity index is 1.62. The SMILES string of the molecule is COC(=O)C=Cc1ccc2c(c1)CCC2N(CCO)CCOc1ccc(OC)cc1. The maximum atomic E-state index is 11.3. The van der Waals surface area contributed by atoms with Crippen LogP contribution >= 0.6 is 0 Å². The first-order valence-corrected chi connectivity index (χ1v) is 10.1. The highest BCUT2D eigenvalue weighted by Gasteiger charge is 2.27. The highest BCUT2D eigenvalue weighted by Crippen LogP contribution is 2.36. The Morgan fingerprint density at radius 2 is 1.90 bits per heavy atom. The van der Waals surface area contributed by atoms with Crippen molar-refractivity contribution < 1.29 is 24.1 Å². The van der Waals surface area contributed by atoms with Gasteiger partial charge in [0.2, 0.25) is 0 Å². The monoisotopic (exact) mass is 411 g/mol. The molecule has 2 aromatic rings. The van der Waals surface area contributed by atoms with E-state index in [1.54, 1.807) is 13.2 Å². The molecule has 0 saturated carbocycles. The molecule has 1 unspecified atom stereocenters. The van der Waals surface area contributed by atoms with Crippen LogP contribution in [-0.2, 0) is 16.0 Å². The minimum absolute atomic E-state index is 0.105. The van der Waals surface area contributed by atoms with E-state index in [0.29, 0.717) is 13.2 Å². The maximum Gasteiger partial charge on any atom is 0.330 e. The van der Waals surface area contributed by atoms with Gasteiger partial charge in [-0.3, -0.25) is 4.90 Å². The number of hydrogen-bond donors (Lipinski definition) is 1. The zero-order valence-electron chi connectivity index (χ0n) is 17.5. The van der Waals surface area contributed by atoms with Crippen LogP contribution in [0.1, 0.15) is 29.2 Å². The van der Waals surface area contributed by atoms with E-state index in [0.717, 1.165) is 36.4 Å². The van der Waals surface area contributed by atoms with Crippen LogP contribution in [0.15, 0.2) is 48.5 Å². The Labute approximate surface area is 177 Å². The summed E-state index contributed by atoms with van der Waals surface area (Å²) >= 11 is 0. The second-order valence-corrected chi connectivity index (χ2v) is 7.15. The molecule has 0 heterocycles. The Morgan fingerprint density at radius 3 is 2.60 bits per heavy atom. The smallest absolute Gasteiger partial charge is 0.330 e. The molecule has 1 aliphatic carbocycles. The molecule has 0 radical (unpaired) electrons. The number of hydrogen-bond acceptors (Lipinski definition) is 6. The highest BCUT2D eigenvalue weighted by molar-refractivity contribution is 5.86. The van der Waals surface area contributed by atoms with Gasteiger partial charge in [-0.15, -0.1) is 0 Å². The van der Waals surface area contributed by atoms with E-state index in [1.807, 2.05) is 30.3 Å². The Bertz CT molecular complexity index is 862. The van der Waals surface area contributed by atoms with Gasteiger partial charge < -0.3 is 19.3 Å². The van der Waals surface area contributed by atoms with E-state index in [9.17, 15) is 9.90 Å². The lowest BCUT2D eigenvalue weighted by Crippen LogP contribution is -2.34. The van der Waals surface area contributed by atoms with Gasteiger partial charge in [0.05, 0.1) is 20.8 Å². The zero-order chi connectivity index (χ0) is 21.3. The van der Waals surface area contributed by atoms with E-state index in [-0.39, 0.29) is 18.6 Å². The van der Waals surface area contributed by atoms with E-state index < -0.39 is 0 Å². The number of esters is 1. The van der Waals surface area contributed by atoms with E-state index in [1.165, 1.54) is 24.3 Å². The first-order valence-electron chi connectivity index (χ1n) is 10.1. The molecule has 6 nitrogen and oxygen atoms in total. The number of carbonyl (C=O) groups excluding carboxylic acids is 1. The number of aryl methyl sites for hydroxylation is 1. The van der Waals surface area contributed by atoms with Crippen molar-refractivity contribution in [1.82, 2.24) is 4.90 Å². The standard InChI is InChI=1S/C24H29NO5/c1-28-20-6-8-21(9-7-20)30-16-14-25(13-15-26)23-11-5-19-17-18(3-10-22(19)23)4-12-24(27)29-2/h3-4,6-10,12,17,23,26H,5,11,13-16H2,1-2H3. The number of aliphatic hydroxyl groups excluding tert-OH is 1. The Kier molecular flexibility index (Phi) is 7.88. The van der Waals surface area contributed by atoms with E-state index in [2.05, 4.69) is 21.8 Å². The number of carbonyl (C=O) groups is 1. The van der Waals surface area contributed by atoms with Crippen LogP contribution in [0.4, 0.5) is 0 Å². The van der Waals surface area contributed by atoms with Crippen molar-refractivity contribution in [3.05, 3.63) is 65.2 Å². The van der Waals surface area contributed by atoms with Gasteiger partial charge in [0, 0.05) is 25.2 Å². The van der Waals surface area contributed by atoms with Crippen LogP contribution in [0, 0.1) is 0 Å². The van der Waals surface area contributed by atoms with Crippen LogP contribution in [0.5, 0.6) is 11.5 Å². The molecule has 2 aromatic carbocycles. The number of fused-ring (bicyclic) bond motifs is 1. The van der Waals surface area contributed by atoms with Crippen molar-refractivity contribution >= 4 is 12.0 Å². The van der Waals surface area contributed by atoms with Crippen molar-refractivity contribution in [2.45, 2.75) is 18.9 Å². The third kappa shape index (κ3) is 5.62. The summed E-state index contributed by atoms with van der Waals surface area (Å²) in [7, 11) is 3.01. The summed E-state index contributed by atoms with van der Waals surface area (Å²) in [5.41, 5.74) is 3.55. The topological polar surface area (TPSA) is 68.2 Å². The third-order valence-corrected chi connectivity index (χ3v) is 5.36. The Hall–Kier alpha value is -2.83. The van der Waals surface area contributed by atoms with Crippen molar-refractivity contribution in [3.63, 3.8) is 0 Å². The minimum atomic E-state index is -0.362. The fourth-order valence-electron chi connectivity index (χ4n) is 3.83. The molecule has 0 aliphatic heterocycles. The van der Waals surface area contributed by atoms with Crippen molar-refractivity contribution in [2.24, 2.45) is 0 Å². The minimum Gasteiger partial charge on any atom is -0.497 e. The van der Waals surface area contributed by atoms with Crippen LogP contribution in [-0.4, -0.2) is 56.5 Å². The van der Waals surface area contributed by atoms with Crippen molar-refractivity contribution in [2.75, 3.05) is 40.5 Å². The van der Waals surface area contributed by atoms with Gasteiger partial charge in [-0.05, 0) is 59.9 Å². The average molecular weight is 411 g/mol. The van der Waals surface area contributed by atoms with Gasteiger partial charge in [0.1, 0.15) is 18.1 Å². The molecule has 160 valence electrons. The number of rotatable bonds is 10. The lowest BCUT2D eigenvalue weighted by Gasteiger charge is -2.29. The molecule has 0 fully saturated rings. The molecule has 0 saturated heterocycles. The van der Waals surface area contributed by atoms with Crippen LogP contribution in [0.25, 0.3) is 6.08 Å². The van der Waals surface area contributed by atoms with Gasteiger partial charge in [0.15, 0.2) is 0 Å². The first kappa shape index (κ1) is 21.9. The maximum absolute atomic E-state index is 11.3. The fourth-order valence-corrected chi connectivity index (χ4v) is 3.83. The fraction of sp³-hybridized carbons (Fsp3) is 0.375. The summed E-state index contributed by atoms with van der Waals surface area (Å²) in [6.07, 6.45) is 5.18. The number of methoxy groups -OCH3 is 2. The van der Waals surface area contributed by atoms with Gasteiger partial charge >= 0.3 is 5.97 Å². The quantitative estimate of drug-likeness (QED) is 0.478. The summed E-state index contributed by atoms with van der Waals surface area (Å²) in [5, 5.41) is 9.56. The molecule has 0 spiro atoms. The molecule has 0 amide bonds. The second-order valence-electron chi connectivity index (χ2n) is 7.15. The Morgan fingerprint density at radius 1 is 1.13 bits per heavy atom. The zero-order valence-corrected chi connectivity index (χ0v) is 17.5. The summed E-state index contributed by atoms with van der Waals surface area (Å²) < 4.78 is 15.7. The lowest BCUT2D eigenvalue weighted by molar-refractivity contribution is -0.134. The van der Waals surface area contributed by atoms with Gasteiger partial charge in [-0.25, -0.2) is 4.79 Å². The number of ether oxygens (including phenoxy) is 3. The van der Waals surface area contributed by atoms with Crippen LogP contribution in [0.3, 0.4) is 0 Å². The number of aliphatic hydroxyl groups is 1. The third-order valence-electron chi connectivity index (χ3n) is 5.36. The normalized spacial score (nSPS) is 15.4. The largest absolute Gasteiger partial charge is 0.497 e. The van der Waals surface area contributed by atoms with Gasteiger partial charge in [-0.2, -0.15) is 0 Å². The first-order chi connectivity index (χ1) is 14.6. The average Bonchev–Trinajstić information content (AvgIpc) is 3.20. The predicted molar refractivity (Wildman–Crippen MR) is 116 cm³/mol.